The summed E-state index contributed by atoms with van der Waals surface area (Å²) >= 11 is 3.32. The van der Waals surface area contributed by atoms with Gasteiger partial charge in [-0.3, -0.25) is 10.1 Å². The molecular weight excluding hydrogens is 328 g/mol. The largest absolute Gasteiger partial charge is 0.478 e. The number of imide groups is 1. The molecule has 1 rings (SSSR count). The minimum absolute atomic E-state index is 0.545. The van der Waals surface area contributed by atoms with Gasteiger partial charge in [-0.1, -0.05) is 6.07 Å². The second-order valence-corrected chi connectivity index (χ2v) is 4.91. The highest BCUT2D eigenvalue weighted by Gasteiger charge is 2.10. The molecule has 0 atom stereocenters. The summed E-state index contributed by atoms with van der Waals surface area (Å²) in [4.78, 5) is 33.1. The van der Waals surface area contributed by atoms with Crippen LogP contribution >= 0.6 is 15.9 Å². The van der Waals surface area contributed by atoms with E-state index in [1.54, 1.807) is 0 Å². The quantitative estimate of drug-likeness (QED) is 0.736. The Labute approximate surface area is 124 Å². The predicted molar refractivity (Wildman–Crippen MR) is 77.6 cm³/mol. The number of anilines is 1. The molecule has 0 aromatic heterocycles. The van der Waals surface area contributed by atoms with E-state index in [-0.39, 0.29) is 0 Å². The van der Waals surface area contributed by atoms with Crippen LogP contribution in [0.4, 0.5) is 10.5 Å². The molecule has 0 aliphatic heterocycles. The number of aryl methyl sites for hydroxylation is 2. The van der Waals surface area contributed by atoms with Crippen LogP contribution in [0.1, 0.15) is 11.1 Å². The van der Waals surface area contributed by atoms with Gasteiger partial charge in [-0.05, 0) is 47.0 Å². The molecule has 0 saturated heterocycles. The van der Waals surface area contributed by atoms with Crippen molar-refractivity contribution in [1.29, 1.82) is 0 Å². The van der Waals surface area contributed by atoms with Crippen molar-refractivity contribution < 1.29 is 19.5 Å². The fourth-order valence-electron chi connectivity index (χ4n) is 1.52. The first-order chi connectivity index (χ1) is 9.29. The zero-order chi connectivity index (χ0) is 15.3. The van der Waals surface area contributed by atoms with E-state index in [9.17, 15) is 14.4 Å². The zero-order valence-corrected chi connectivity index (χ0v) is 12.4. The average molecular weight is 341 g/mol. The van der Waals surface area contributed by atoms with E-state index in [0.29, 0.717) is 16.2 Å². The number of rotatable bonds is 3. The third kappa shape index (κ3) is 4.85. The second-order valence-electron chi connectivity index (χ2n) is 4.05. The molecule has 0 aliphatic carbocycles. The van der Waals surface area contributed by atoms with Gasteiger partial charge in [0.15, 0.2) is 0 Å². The first kappa shape index (κ1) is 15.9. The molecule has 0 spiro atoms. The van der Waals surface area contributed by atoms with Crippen molar-refractivity contribution >= 4 is 39.5 Å². The highest BCUT2D eigenvalue weighted by Crippen LogP contribution is 2.27. The van der Waals surface area contributed by atoms with Crippen LogP contribution in [0.3, 0.4) is 0 Å². The SMILES string of the molecule is Cc1cc(C)c(NC(=O)NC(=O)/C=C/C(=O)O)c(Br)c1. The van der Waals surface area contributed by atoms with E-state index in [1.807, 2.05) is 31.3 Å². The molecule has 0 unspecified atom stereocenters. The molecule has 0 heterocycles. The second kappa shape index (κ2) is 6.85. The minimum Gasteiger partial charge on any atom is -0.478 e. The van der Waals surface area contributed by atoms with Gasteiger partial charge in [-0.25, -0.2) is 9.59 Å². The summed E-state index contributed by atoms with van der Waals surface area (Å²) in [5.74, 6) is -2.08. The number of carbonyl (C=O) groups excluding carboxylic acids is 2. The summed E-state index contributed by atoms with van der Waals surface area (Å²) in [7, 11) is 0. The Morgan fingerprint density at radius 1 is 1.20 bits per heavy atom. The monoisotopic (exact) mass is 340 g/mol. The molecule has 106 valence electrons. The van der Waals surface area contributed by atoms with Crippen LogP contribution in [0.5, 0.6) is 0 Å². The fourth-order valence-corrected chi connectivity index (χ4v) is 2.29. The third-order valence-electron chi connectivity index (χ3n) is 2.28. The third-order valence-corrected chi connectivity index (χ3v) is 2.91. The Morgan fingerprint density at radius 2 is 1.85 bits per heavy atom. The van der Waals surface area contributed by atoms with Crippen molar-refractivity contribution in [2.45, 2.75) is 13.8 Å². The summed E-state index contributed by atoms with van der Waals surface area (Å²) in [6.45, 7) is 3.74. The van der Waals surface area contributed by atoms with Crippen LogP contribution in [-0.4, -0.2) is 23.0 Å². The van der Waals surface area contributed by atoms with Crippen LogP contribution in [0.25, 0.3) is 0 Å². The molecule has 0 radical (unpaired) electrons. The fraction of sp³-hybridized carbons (Fsp3) is 0.154. The van der Waals surface area contributed by atoms with E-state index in [1.165, 1.54) is 0 Å². The van der Waals surface area contributed by atoms with E-state index in [2.05, 4.69) is 21.2 Å². The lowest BCUT2D eigenvalue weighted by atomic mass is 10.1. The molecular formula is C13H13BrN2O4. The molecule has 0 bridgehead atoms. The van der Waals surface area contributed by atoms with Gasteiger partial charge in [0.05, 0.1) is 5.69 Å². The summed E-state index contributed by atoms with van der Waals surface area (Å²) in [6.07, 6.45) is 1.41. The number of aliphatic carboxylic acids is 1. The number of nitrogens with one attached hydrogen (secondary N) is 2. The van der Waals surface area contributed by atoms with Gasteiger partial charge in [-0.2, -0.15) is 0 Å². The number of amides is 3. The predicted octanol–water partition coefficient (Wildman–Crippen LogP) is 2.35. The van der Waals surface area contributed by atoms with Gasteiger partial charge in [0.25, 0.3) is 5.91 Å². The highest BCUT2D eigenvalue weighted by molar-refractivity contribution is 9.10. The Kier molecular flexibility index (Phi) is 5.45. The van der Waals surface area contributed by atoms with Gasteiger partial charge < -0.3 is 10.4 Å². The maximum Gasteiger partial charge on any atom is 0.328 e. The van der Waals surface area contributed by atoms with Crippen LogP contribution in [0, 0.1) is 13.8 Å². The van der Waals surface area contributed by atoms with Crippen LogP contribution < -0.4 is 10.6 Å². The lowest BCUT2D eigenvalue weighted by Crippen LogP contribution is -2.33. The number of urea groups is 1. The van der Waals surface area contributed by atoms with Gasteiger partial charge in [-0.15, -0.1) is 0 Å². The number of carboxylic acids is 1. The number of carbonyl (C=O) groups is 3. The van der Waals surface area contributed by atoms with Crippen molar-refractivity contribution in [3.8, 4) is 0 Å². The van der Waals surface area contributed by atoms with Gasteiger partial charge in [0.2, 0.25) is 0 Å². The lowest BCUT2D eigenvalue weighted by molar-refractivity contribution is -0.131. The molecule has 7 heteroatoms. The molecule has 20 heavy (non-hydrogen) atoms. The Balaban J connectivity index is 2.73. The van der Waals surface area contributed by atoms with Gasteiger partial charge in [0.1, 0.15) is 0 Å². The topological polar surface area (TPSA) is 95.5 Å². The maximum atomic E-state index is 11.6. The molecule has 3 N–H and O–H groups in total. The van der Waals surface area contributed by atoms with E-state index in [0.717, 1.165) is 17.2 Å². The van der Waals surface area contributed by atoms with Crippen molar-refractivity contribution in [3.05, 3.63) is 39.9 Å². The van der Waals surface area contributed by atoms with Gasteiger partial charge >= 0.3 is 12.0 Å². The molecule has 0 fully saturated rings. The normalized spacial score (nSPS) is 10.3. The number of benzene rings is 1. The maximum absolute atomic E-state index is 11.6. The Hall–Kier alpha value is -2.15. The van der Waals surface area contributed by atoms with Crippen molar-refractivity contribution in [2.75, 3.05) is 5.32 Å². The number of hydrogen-bond donors (Lipinski definition) is 3. The Bertz CT molecular complexity index is 573. The van der Waals surface area contributed by atoms with Crippen LogP contribution in [0.15, 0.2) is 28.8 Å². The minimum atomic E-state index is -1.27. The summed E-state index contributed by atoms with van der Waals surface area (Å²) < 4.78 is 0.693. The molecule has 1 aromatic rings. The zero-order valence-electron chi connectivity index (χ0n) is 10.9. The van der Waals surface area contributed by atoms with Crippen LogP contribution in [0.2, 0.25) is 0 Å². The lowest BCUT2D eigenvalue weighted by Gasteiger charge is -2.11. The van der Waals surface area contributed by atoms with E-state index in [4.69, 9.17) is 5.11 Å². The summed E-state index contributed by atoms with van der Waals surface area (Å²) in [5, 5.41) is 12.9. The van der Waals surface area contributed by atoms with E-state index >= 15 is 0 Å². The molecule has 6 nitrogen and oxygen atoms in total. The summed E-state index contributed by atoms with van der Waals surface area (Å²) in [5.41, 5.74) is 2.41. The van der Waals surface area contributed by atoms with E-state index < -0.39 is 17.9 Å². The van der Waals surface area contributed by atoms with Crippen LogP contribution in [-0.2, 0) is 9.59 Å². The summed E-state index contributed by atoms with van der Waals surface area (Å²) in [6, 6.07) is 2.97. The Morgan fingerprint density at radius 3 is 2.40 bits per heavy atom. The number of hydrogen-bond acceptors (Lipinski definition) is 3. The highest BCUT2D eigenvalue weighted by atomic mass is 79.9. The average Bonchev–Trinajstić information content (AvgIpc) is 2.31. The first-order valence-corrected chi connectivity index (χ1v) is 6.38. The molecule has 1 aromatic carbocycles. The van der Waals surface area contributed by atoms with Gasteiger partial charge in [0, 0.05) is 16.6 Å². The van der Waals surface area contributed by atoms with Crippen molar-refractivity contribution in [3.63, 3.8) is 0 Å². The molecule has 0 aliphatic rings. The first-order valence-electron chi connectivity index (χ1n) is 5.59. The smallest absolute Gasteiger partial charge is 0.328 e. The number of halogens is 1. The standard InChI is InChI=1S/C13H13BrN2O4/c1-7-5-8(2)12(9(14)6-7)16-13(20)15-10(17)3-4-11(18)19/h3-6H,1-2H3,(H,18,19)(H2,15,16,17,20)/b4-3+. The molecule has 0 saturated carbocycles. The van der Waals surface area contributed by atoms with Crippen molar-refractivity contribution in [1.82, 2.24) is 5.32 Å². The molecule has 3 amide bonds. The van der Waals surface area contributed by atoms with Crippen molar-refractivity contribution in [2.24, 2.45) is 0 Å². The number of carboxylic acid groups (broad SMARTS) is 1.